The topological polar surface area (TPSA) is 117 Å². The van der Waals surface area contributed by atoms with Crippen molar-refractivity contribution in [3.63, 3.8) is 0 Å². The Morgan fingerprint density at radius 1 is 1.30 bits per heavy atom. The summed E-state index contributed by atoms with van der Waals surface area (Å²) in [6.45, 7) is 6.13. The van der Waals surface area contributed by atoms with Crippen LogP contribution in [-0.2, 0) is 11.2 Å². The van der Waals surface area contributed by atoms with Crippen molar-refractivity contribution in [2.24, 2.45) is 11.8 Å². The van der Waals surface area contributed by atoms with Gasteiger partial charge >= 0.3 is 5.97 Å². The second-order valence-electron chi connectivity index (χ2n) is 7.76. The van der Waals surface area contributed by atoms with E-state index in [0.717, 1.165) is 31.6 Å². The number of hydrogen-bond acceptors (Lipinski definition) is 6. The quantitative estimate of drug-likeness (QED) is 0.650. The van der Waals surface area contributed by atoms with Crippen molar-refractivity contribution in [2.45, 2.75) is 51.4 Å². The lowest BCUT2D eigenvalue weighted by atomic mass is 9.82. The van der Waals surface area contributed by atoms with E-state index in [-0.39, 0.29) is 11.8 Å². The molecular formula is C19H28N6O2. The number of rotatable bonds is 8. The molecule has 2 aromatic heterocycles. The molecule has 8 heteroatoms. The number of aromatic amines is 1. The van der Waals surface area contributed by atoms with Gasteiger partial charge in [-0.2, -0.15) is 5.21 Å². The Labute approximate surface area is 159 Å². The Morgan fingerprint density at radius 3 is 2.63 bits per heavy atom. The number of pyridine rings is 1. The van der Waals surface area contributed by atoms with Crippen molar-refractivity contribution in [3.05, 3.63) is 35.4 Å². The summed E-state index contributed by atoms with van der Waals surface area (Å²) in [4.78, 5) is 16.5. The van der Waals surface area contributed by atoms with Crippen LogP contribution < -0.4 is 5.32 Å². The normalized spacial score (nSPS) is 17.7. The molecule has 2 atom stereocenters. The van der Waals surface area contributed by atoms with Gasteiger partial charge in [-0.15, -0.1) is 10.2 Å². The van der Waals surface area contributed by atoms with Crippen LogP contribution in [0.25, 0.3) is 0 Å². The van der Waals surface area contributed by atoms with E-state index in [0.29, 0.717) is 24.6 Å². The highest BCUT2D eigenvalue weighted by atomic mass is 16.4. The fraction of sp³-hybridized carbons (Fsp3) is 0.632. The van der Waals surface area contributed by atoms with Gasteiger partial charge in [-0.25, -0.2) is 0 Å². The van der Waals surface area contributed by atoms with Gasteiger partial charge in [-0.1, -0.05) is 25.1 Å². The number of aliphatic carboxylic acids is 1. The molecule has 0 saturated carbocycles. The van der Waals surface area contributed by atoms with Crippen LogP contribution in [0.2, 0.25) is 0 Å². The largest absolute Gasteiger partial charge is 0.481 e. The van der Waals surface area contributed by atoms with E-state index in [2.05, 4.69) is 37.0 Å². The smallest absolute Gasteiger partial charge is 0.307 e. The highest BCUT2D eigenvalue weighted by molar-refractivity contribution is 5.71. The molecule has 1 aliphatic heterocycles. The summed E-state index contributed by atoms with van der Waals surface area (Å²) >= 11 is 0. The van der Waals surface area contributed by atoms with Crippen molar-refractivity contribution < 1.29 is 9.90 Å². The summed E-state index contributed by atoms with van der Waals surface area (Å²) < 4.78 is 0. The number of carbonyl (C=O) groups is 1. The zero-order valence-electron chi connectivity index (χ0n) is 15.9. The van der Waals surface area contributed by atoms with Gasteiger partial charge in [0.25, 0.3) is 0 Å². The summed E-state index contributed by atoms with van der Waals surface area (Å²) in [6.07, 6.45) is 5.23. The van der Waals surface area contributed by atoms with Gasteiger partial charge in [0.1, 0.15) is 0 Å². The SMILES string of the molecule is CC(C)C[C@H](C(=O)O)[C@H](Cc1ccc(C2CCNCC2)cn1)c1nn[nH]n1. The van der Waals surface area contributed by atoms with Gasteiger partial charge in [-0.3, -0.25) is 9.78 Å². The van der Waals surface area contributed by atoms with Crippen LogP contribution in [0.3, 0.4) is 0 Å². The summed E-state index contributed by atoms with van der Waals surface area (Å²) in [5.41, 5.74) is 2.12. The maximum atomic E-state index is 11.9. The van der Waals surface area contributed by atoms with E-state index in [9.17, 15) is 9.90 Å². The Balaban J connectivity index is 1.78. The molecule has 0 amide bonds. The van der Waals surface area contributed by atoms with Crippen LogP contribution in [0, 0.1) is 11.8 Å². The van der Waals surface area contributed by atoms with Gasteiger partial charge in [0.15, 0.2) is 5.82 Å². The van der Waals surface area contributed by atoms with Crippen molar-refractivity contribution in [1.82, 2.24) is 30.9 Å². The predicted molar refractivity (Wildman–Crippen MR) is 100 cm³/mol. The van der Waals surface area contributed by atoms with Crippen LogP contribution in [0.5, 0.6) is 0 Å². The van der Waals surface area contributed by atoms with E-state index in [1.165, 1.54) is 5.56 Å². The highest BCUT2D eigenvalue weighted by Gasteiger charge is 2.33. The molecule has 146 valence electrons. The molecule has 3 heterocycles. The maximum absolute atomic E-state index is 11.9. The Hall–Kier alpha value is -2.35. The molecule has 0 unspecified atom stereocenters. The fourth-order valence-electron chi connectivity index (χ4n) is 3.86. The fourth-order valence-corrected chi connectivity index (χ4v) is 3.86. The van der Waals surface area contributed by atoms with Gasteiger partial charge in [0, 0.05) is 24.2 Å². The lowest BCUT2D eigenvalue weighted by Gasteiger charge is -2.24. The van der Waals surface area contributed by atoms with Crippen LogP contribution in [0.15, 0.2) is 18.3 Å². The predicted octanol–water partition coefficient (Wildman–Crippen LogP) is 2.13. The summed E-state index contributed by atoms with van der Waals surface area (Å²) in [6, 6.07) is 4.14. The average molecular weight is 372 g/mol. The third kappa shape index (κ3) is 5.09. The number of H-pyrrole nitrogens is 1. The first-order valence-electron chi connectivity index (χ1n) is 9.66. The molecule has 0 radical (unpaired) electrons. The molecule has 1 aliphatic rings. The molecule has 3 N–H and O–H groups in total. The molecule has 0 bridgehead atoms. The Bertz CT molecular complexity index is 710. The third-order valence-electron chi connectivity index (χ3n) is 5.31. The van der Waals surface area contributed by atoms with Gasteiger partial charge < -0.3 is 10.4 Å². The molecule has 3 rings (SSSR count). The lowest BCUT2D eigenvalue weighted by molar-refractivity contribution is -0.143. The highest BCUT2D eigenvalue weighted by Crippen LogP contribution is 2.31. The summed E-state index contributed by atoms with van der Waals surface area (Å²) in [7, 11) is 0. The second kappa shape index (κ2) is 9.03. The molecule has 0 aromatic carbocycles. The minimum atomic E-state index is -0.829. The van der Waals surface area contributed by atoms with E-state index in [1.807, 2.05) is 26.1 Å². The molecule has 2 aromatic rings. The molecule has 27 heavy (non-hydrogen) atoms. The van der Waals surface area contributed by atoms with Crippen LogP contribution in [-0.4, -0.2) is 49.8 Å². The number of nitrogens with one attached hydrogen (secondary N) is 2. The van der Waals surface area contributed by atoms with Crippen molar-refractivity contribution in [2.75, 3.05) is 13.1 Å². The summed E-state index contributed by atoms with van der Waals surface area (Å²) in [5.74, 6) is -0.518. The number of carboxylic acids is 1. The van der Waals surface area contributed by atoms with E-state index in [1.54, 1.807) is 0 Å². The molecule has 1 saturated heterocycles. The zero-order chi connectivity index (χ0) is 19.2. The molecule has 0 aliphatic carbocycles. The number of nitrogens with zero attached hydrogens (tertiary/aromatic N) is 4. The molecule has 1 fully saturated rings. The number of piperidine rings is 1. The number of carboxylic acid groups (broad SMARTS) is 1. The maximum Gasteiger partial charge on any atom is 0.307 e. The molecule has 8 nitrogen and oxygen atoms in total. The molecule has 0 spiro atoms. The first kappa shape index (κ1) is 19.4. The van der Waals surface area contributed by atoms with E-state index < -0.39 is 11.9 Å². The summed E-state index contributed by atoms with van der Waals surface area (Å²) in [5, 5.41) is 27.4. The minimum Gasteiger partial charge on any atom is -0.481 e. The van der Waals surface area contributed by atoms with Crippen molar-refractivity contribution in [3.8, 4) is 0 Å². The van der Waals surface area contributed by atoms with Gasteiger partial charge in [0.2, 0.25) is 0 Å². The number of aromatic nitrogens is 5. The standard InChI is InChI=1S/C19H28N6O2/c1-12(2)9-17(19(26)27)16(18-22-24-25-23-18)10-15-4-3-14(11-21-15)13-5-7-20-8-6-13/h3-4,11-13,16-17,20H,5-10H2,1-2H3,(H,26,27)(H,22,23,24,25)/t16-,17-/m0/s1. The Kier molecular flexibility index (Phi) is 6.49. The van der Waals surface area contributed by atoms with Gasteiger partial charge in [0.05, 0.1) is 5.92 Å². The lowest BCUT2D eigenvalue weighted by Crippen LogP contribution is -2.27. The van der Waals surface area contributed by atoms with Crippen molar-refractivity contribution in [1.29, 1.82) is 0 Å². The average Bonchev–Trinajstić information content (AvgIpc) is 3.20. The minimum absolute atomic E-state index is 0.260. The number of tetrazole rings is 1. The second-order valence-corrected chi connectivity index (χ2v) is 7.76. The van der Waals surface area contributed by atoms with Gasteiger partial charge in [-0.05, 0) is 55.8 Å². The van der Waals surface area contributed by atoms with E-state index >= 15 is 0 Å². The first-order chi connectivity index (χ1) is 13.0. The number of hydrogen-bond donors (Lipinski definition) is 3. The van der Waals surface area contributed by atoms with Crippen LogP contribution in [0.1, 0.15) is 62.0 Å². The van der Waals surface area contributed by atoms with Crippen LogP contribution >= 0.6 is 0 Å². The molecular weight excluding hydrogens is 344 g/mol. The zero-order valence-corrected chi connectivity index (χ0v) is 15.9. The van der Waals surface area contributed by atoms with Crippen LogP contribution in [0.4, 0.5) is 0 Å². The van der Waals surface area contributed by atoms with Crippen molar-refractivity contribution >= 4 is 5.97 Å². The third-order valence-corrected chi connectivity index (χ3v) is 5.31. The first-order valence-corrected chi connectivity index (χ1v) is 9.66. The van der Waals surface area contributed by atoms with E-state index in [4.69, 9.17) is 0 Å². The monoisotopic (exact) mass is 372 g/mol. The Morgan fingerprint density at radius 2 is 2.07 bits per heavy atom.